The molecule has 4 heteroatoms. The van der Waals surface area contributed by atoms with Crippen molar-refractivity contribution in [2.45, 2.75) is 6.92 Å². The van der Waals surface area contributed by atoms with Gasteiger partial charge in [0.15, 0.2) is 5.78 Å². The van der Waals surface area contributed by atoms with Crippen molar-refractivity contribution in [2.24, 2.45) is 0 Å². The van der Waals surface area contributed by atoms with Gasteiger partial charge in [0.05, 0.1) is 23.0 Å². The molecular weight excluding hydrogens is 296 g/mol. The zero-order valence-corrected chi connectivity index (χ0v) is 12.8. The Morgan fingerprint density at radius 1 is 1.18 bits per heavy atom. The summed E-state index contributed by atoms with van der Waals surface area (Å²) in [5.74, 6) is -0.120. The molecule has 0 saturated heterocycles. The third-order valence-corrected chi connectivity index (χ3v) is 4.01. The molecule has 0 aliphatic heterocycles. The lowest BCUT2D eigenvalue weighted by atomic mass is 10.1. The van der Waals surface area contributed by atoms with E-state index in [4.69, 9.17) is 16.9 Å². The van der Waals surface area contributed by atoms with Gasteiger partial charge in [-0.15, -0.1) is 11.6 Å². The number of nitrogens with zero attached hydrogens (tertiary/aromatic N) is 2. The van der Waals surface area contributed by atoms with Crippen LogP contribution in [-0.2, 0) is 0 Å². The number of ketones is 1. The Morgan fingerprint density at radius 2 is 1.86 bits per heavy atom. The van der Waals surface area contributed by atoms with Gasteiger partial charge in [0.2, 0.25) is 0 Å². The summed E-state index contributed by atoms with van der Waals surface area (Å²) in [6.45, 7) is 1.91. The molecule has 2 aromatic carbocycles. The van der Waals surface area contributed by atoms with E-state index in [0.717, 1.165) is 22.3 Å². The summed E-state index contributed by atoms with van der Waals surface area (Å²) in [6, 6.07) is 17.2. The monoisotopic (exact) mass is 308 g/mol. The van der Waals surface area contributed by atoms with Crippen molar-refractivity contribution in [2.75, 3.05) is 5.88 Å². The third-order valence-electron chi connectivity index (χ3n) is 3.77. The Hall–Kier alpha value is -2.57. The third kappa shape index (κ3) is 2.18. The number of nitriles is 1. The predicted octanol–water partition coefficient (Wildman–Crippen LogP) is 4.23. The number of aromatic nitrogens is 1. The highest BCUT2D eigenvalue weighted by molar-refractivity contribution is 6.32. The zero-order valence-electron chi connectivity index (χ0n) is 12.0. The molecule has 0 N–H and O–H groups in total. The molecule has 1 aromatic heterocycles. The average molecular weight is 309 g/mol. The number of halogens is 1. The molecule has 3 aromatic rings. The molecule has 22 heavy (non-hydrogen) atoms. The van der Waals surface area contributed by atoms with Crippen LogP contribution in [0.25, 0.3) is 16.6 Å². The van der Waals surface area contributed by atoms with Gasteiger partial charge in [-0.05, 0) is 37.3 Å². The van der Waals surface area contributed by atoms with Crippen molar-refractivity contribution in [3.05, 3.63) is 65.4 Å². The highest BCUT2D eigenvalue weighted by atomic mass is 35.5. The first-order chi connectivity index (χ1) is 10.7. The van der Waals surface area contributed by atoms with E-state index < -0.39 is 0 Å². The van der Waals surface area contributed by atoms with E-state index in [1.165, 1.54) is 0 Å². The zero-order chi connectivity index (χ0) is 15.7. The number of fused-ring (bicyclic) bond motifs is 1. The summed E-state index contributed by atoms with van der Waals surface area (Å²) in [6.07, 6.45) is 0. The van der Waals surface area contributed by atoms with Gasteiger partial charge in [-0.1, -0.05) is 18.2 Å². The molecule has 0 bridgehead atoms. The molecule has 0 radical (unpaired) electrons. The van der Waals surface area contributed by atoms with E-state index in [9.17, 15) is 4.79 Å². The molecular formula is C18H13ClN2O. The van der Waals surface area contributed by atoms with Gasteiger partial charge >= 0.3 is 0 Å². The summed E-state index contributed by atoms with van der Waals surface area (Å²) in [7, 11) is 0. The number of benzene rings is 2. The van der Waals surface area contributed by atoms with Gasteiger partial charge in [-0.3, -0.25) is 4.79 Å². The smallest absolute Gasteiger partial charge is 0.180 e. The first-order valence-electron chi connectivity index (χ1n) is 6.87. The first-order valence-corrected chi connectivity index (χ1v) is 7.40. The summed E-state index contributed by atoms with van der Waals surface area (Å²) < 4.78 is 2.02. The topological polar surface area (TPSA) is 45.8 Å². The normalized spacial score (nSPS) is 10.6. The number of alkyl halides is 1. The maximum atomic E-state index is 12.2. The molecule has 0 unspecified atom stereocenters. The second kappa shape index (κ2) is 5.67. The highest BCUT2D eigenvalue weighted by Gasteiger charge is 2.19. The predicted molar refractivity (Wildman–Crippen MR) is 87.8 cm³/mol. The Balaban J connectivity index is 2.32. The summed E-state index contributed by atoms with van der Waals surface area (Å²) in [5.41, 5.74) is 4.00. The molecule has 0 aliphatic rings. The summed E-state index contributed by atoms with van der Waals surface area (Å²) in [4.78, 5) is 12.2. The fraction of sp³-hybridized carbons (Fsp3) is 0.111. The fourth-order valence-corrected chi connectivity index (χ4v) is 2.94. The molecule has 108 valence electrons. The lowest BCUT2D eigenvalue weighted by molar-refractivity contribution is 0.102. The molecule has 0 fully saturated rings. The molecule has 3 rings (SSSR count). The largest absolute Gasteiger partial charge is 0.313 e. The number of para-hydroxylation sites is 1. The minimum atomic E-state index is -0.0808. The van der Waals surface area contributed by atoms with Crippen LogP contribution >= 0.6 is 11.6 Å². The lowest BCUT2D eigenvalue weighted by Crippen LogP contribution is -2.04. The van der Waals surface area contributed by atoms with Crippen molar-refractivity contribution in [1.82, 2.24) is 4.57 Å². The molecule has 0 saturated carbocycles. The van der Waals surface area contributed by atoms with Crippen molar-refractivity contribution in [3.8, 4) is 11.8 Å². The van der Waals surface area contributed by atoms with Crippen LogP contribution < -0.4 is 0 Å². The summed E-state index contributed by atoms with van der Waals surface area (Å²) in [5, 5.41) is 9.82. The number of rotatable bonds is 3. The lowest BCUT2D eigenvalue weighted by Gasteiger charge is -2.08. The highest BCUT2D eigenvalue weighted by Crippen LogP contribution is 2.29. The van der Waals surface area contributed by atoms with Crippen LogP contribution in [0.4, 0.5) is 0 Å². The minimum Gasteiger partial charge on any atom is -0.313 e. The Morgan fingerprint density at radius 3 is 2.50 bits per heavy atom. The van der Waals surface area contributed by atoms with Crippen molar-refractivity contribution in [1.29, 1.82) is 5.26 Å². The van der Waals surface area contributed by atoms with E-state index in [-0.39, 0.29) is 11.7 Å². The van der Waals surface area contributed by atoms with Gasteiger partial charge < -0.3 is 4.57 Å². The average Bonchev–Trinajstić information content (AvgIpc) is 2.86. The number of Topliss-reactive ketones (excluding diaryl/α,β-unsaturated/α-hetero) is 1. The van der Waals surface area contributed by atoms with Gasteiger partial charge in [0.25, 0.3) is 0 Å². The van der Waals surface area contributed by atoms with E-state index >= 15 is 0 Å². The van der Waals surface area contributed by atoms with Crippen LogP contribution in [0.5, 0.6) is 0 Å². The fourth-order valence-electron chi connectivity index (χ4n) is 2.80. The SMILES string of the molecule is Cc1c(C(=O)CCl)c2ccccc2n1-c1ccc(C#N)cc1. The van der Waals surface area contributed by atoms with E-state index in [0.29, 0.717) is 11.1 Å². The van der Waals surface area contributed by atoms with Crippen molar-refractivity contribution in [3.63, 3.8) is 0 Å². The second-order valence-electron chi connectivity index (χ2n) is 5.03. The summed E-state index contributed by atoms with van der Waals surface area (Å²) >= 11 is 5.76. The van der Waals surface area contributed by atoms with Crippen LogP contribution in [0.1, 0.15) is 21.6 Å². The maximum Gasteiger partial charge on any atom is 0.180 e. The minimum absolute atomic E-state index is 0.0395. The van der Waals surface area contributed by atoms with Crippen LogP contribution in [0, 0.1) is 18.3 Å². The van der Waals surface area contributed by atoms with E-state index in [1.54, 1.807) is 12.1 Å². The molecule has 1 heterocycles. The Labute approximate surface area is 133 Å². The number of hydrogen-bond donors (Lipinski definition) is 0. The van der Waals surface area contributed by atoms with Crippen LogP contribution in [0.15, 0.2) is 48.5 Å². The number of carbonyl (C=O) groups is 1. The molecule has 0 aliphatic carbocycles. The Bertz CT molecular complexity index is 901. The van der Waals surface area contributed by atoms with E-state index in [2.05, 4.69) is 6.07 Å². The van der Waals surface area contributed by atoms with Crippen LogP contribution in [-0.4, -0.2) is 16.2 Å². The maximum absolute atomic E-state index is 12.2. The second-order valence-corrected chi connectivity index (χ2v) is 5.30. The quantitative estimate of drug-likeness (QED) is 0.537. The van der Waals surface area contributed by atoms with E-state index in [1.807, 2.05) is 47.9 Å². The number of hydrogen-bond acceptors (Lipinski definition) is 2. The van der Waals surface area contributed by atoms with Gasteiger partial charge in [0, 0.05) is 22.3 Å². The molecule has 3 nitrogen and oxygen atoms in total. The molecule has 0 spiro atoms. The van der Waals surface area contributed by atoms with Crippen LogP contribution in [0.3, 0.4) is 0 Å². The Kier molecular flexibility index (Phi) is 3.70. The molecule has 0 atom stereocenters. The van der Waals surface area contributed by atoms with Crippen molar-refractivity contribution >= 4 is 28.3 Å². The van der Waals surface area contributed by atoms with Gasteiger partial charge in [-0.2, -0.15) is 5.26 Å². The first kappa shape index (κ1) is 14.4. The van der Waals surface area contributed by atoms with Crippen molar-refractivity contribution < 1.29 is 4.79 Å². The molecule has 0 amide bonds. The standard InChI is InChI=1S/C18H13ClN2O/c1-12-18(17(22)10-19)15-4-2-3-5-16(15)21(12)14-8-6-13(11-20)7-9-14/h2-9H,10H2,1H3. The van der Waals surface area contributed by atoms with Crippen LogP contribution in [0.2, 0.25) is 0 Å². The number of carbonyl (C=O) groups excluding carboxylic acids is 1. The van der Waals surface area contributed by atoms with Gasteiger partial charge in [-0.25, -0.2) is 0 Å². The van der Waals surface area contributed by atoms with Gasteiger partial charge in [0.1, 0.15) is 0 Å².